The monoisotopic (exact) mass is 325 g/mol. The number of hydrazine groups is 1. The Kier molecular flexibility index (Phi) is 7.74. The van der Waals surface area contributed by atoms with Gasteiger partial charge in [-0.25, -0.2) is 0 Å². The van der Waals surface area contributed by atoms with Gasteiger partial charge in [0.25, 0.3) is 0 Å². The van der Waals surface area contributed by atoms with Gasteiger partial charge in [-0.3, -0.25) is 15.6 Å². The van der Waals surface area contributed by atoms with Gasteiger partial charge in [0.2, 0.25) is 5.91 Å². The summed E-state index contributed by atoms with van der Waals surface area (Å²) in [6.45, 7) is 3.75. The predicted molar refractivity (Wildman–Crippen MR) is 85.0 cm³/mol. The summed E-state index contributed by atoms with van der Waals surface area (Å²) in [4.78, 5) is 23.1. The molecule has 0 spiro atoms. The fraction of sp³-hybridized carbons (Fsp3) is 0.500. The summed E-state index contributed by atoms with van der Waals surface area (Å²) in [5.41, 5.74) is 5.86. The largest absolute Gasteiger partial charge is 0.550 e. The summed E-state index contributed by atoms with van der Waals surface area (Å²) in [6.07, 6.45) is 2.37. The number of carbonyl (C=O) groups excluding carboxylic acids is 2. The maximum absolute atomic E-state index is 11.9. The Morgan fingerprint density at radius 3 is 2.59 bits per heavy atom. The molecule has 0 fully saturated rings. The van der Waals surface area contributed by atoms with Crippen molar-refractivity contribution >= 4 is 29.2 Å². The lowest BCUT2D eigenvalue weighted by molar-refractivity contribution is -0.313. The van der Waals surface area contributed by atoms with Crippen LogP contribution in [-0.2, 0) is 9.59 Å². The highest BCUT2D eigenvalue weighted by atomic mass is 35.5. The van der Waals surface area contributed by atoms with Gasteiger partial charge in [0.15, 0.2) is 0 Å². The number of carboxylic acids is 1. The van der Waals surface area contributed by atoms with Crippen molar-refractivity contribution in [2.75, 3.05) is 5.43 Å². The van der Waals surface area contributed by atoms with Crippen LogP contribution in [-0.4, -0.2) is 11.9 Å². The molecule has 6 heteroatoms. The van der Waals surface area contributed by atoms with Crippen LogP contribution in [0.25, 0.3) is 0 Å². The molecule has 1 aromatic rings. The number of anilines is 1. The first-order valence-electron chi connectivity index (χ1n) is 7.46. The second-order valence-electron chi connectivity index (χ2n) is 5.40. The average molecular weight is 326 g/mol. The number of rotatable bonds is 9. The predicted octanol–water partition coefficient (Wildman–Crippen LogP) is 2.37. The van der Waals surface area contributed by atoms with Crippen molar-refractivity contribution in [2.45, 2.75) is 39.5 Å². The first-order valence-corrected chi connectivity index (χ1v) is 7.83. The molecule has 22 heavy (non-hydrogen) atoms. The molecule has 0 aromatic heterocycles. The minimum Gasteiger partial charge on any atom is -0.550 e. The van der Waals surface area contributed by atoms with E-state index in [1.54, 1.807) is 31.2 Å². The molecule has 0 bridgehead atoms. The number of carbonyl (C=O) groups is 2. The number of unbranched alkanes of at least 4 members (excludes halogenated alkanes) is 1. The Hall–Kier alpha value is -1.75. The Balaban J connectivity index is 2.49. The summed E-state index contributed by atoms with van der Waals surface area (Å²) >= 11 is 5.96. The Morgan fingerprint density at radius 1 is 1.32 bits per heavy atom. The molecule has 0 aliphatic rings. The van der Waals surface area contributed by atoms with Crippen molar-refractivity contribution in [3.63, 3.8) is 0 Å². The minimum atomic E-state index is -1.09. The number of aliphatic carboxylic acids is 1. The van der Waals surface area contributed by atoms with E-state index in [1.165, 1.54) is 0 Å². The van der Waals surface area contributed by atoms with Crippen LogP contribution in [0, 0.1) is 11.8 Å². The van der Waals surface area contributed by atoms with Crippen LogP contribution in [0.3, 0.4) is 0 Å². The average Bonchev–Trinajstić information content (AvgIpc) is 2.46. The Bertz CT molecular complexity index is 508. The molecule has 122 valence electrons. The highest BCUT2D eigenvalue weighted by Crippen LogP contribution is 2.22. The molecule has 0 aliphatic carbocycles. The van der Waals surface area contributed by atoms with Crippen molar-refractivity contribution in [1.29, 1.82) is 0 Å². The van der Waals surface area contributed by atoms with Crippen LogP contribution in [0.5, 0.6) is 0 Å². The van der Waals surface area contributed by atoms with Crippen molar-refractivity contribution < 1.29 is 14.7 Å². The number of nitrogens with one attached hydrogen (secondary N) is 2. The number of carboxylic acid groups (broad SMARTS) is 1. The molecule has 1 rings (SSSR count). The van der Waals surface area contributed by atoms with E-state index in [1.807, 2.05) is 6.92 Å². The summed E-state index contributed by atoms with van der Waals surface area (Å²) in [5, 5.41) is 11.7. The van der Waals surface area contributed by atoms with Gasteiger partial charge in [0, 0.05) is 18.3 Å². The van der Waals surface area contributed by atoms with Gasteiger partial charge in [-0.2, -0.15) is 0 Å². The zero-order valence-electron chi connectivity index (χ0n) is 12.9. The Labute approximate surface area is 136 Å². The number of hydrogen-bond donors (Lipinski definition) is 2. The van der Waals surface area contributed by atoms with E-state index in [0.717, 1.165) is 12.8 Å². The summed E-state index contributed by atoms with van der Waals surface area (Å²) in [5.74, 6) is -2.27. The molecule has 2 atom stereocenters. The third-order valence-corrected chi connectivity index (χ3v) is 3.91. The van der Waals surface area contributed by atoms with Gasteiger partial charge in [-0.05, 0) is 24.5 Å². The summed E-state index contributed by atoms with van der Waals surface area (Å²) < 4.78 is 0. The lowest BCUT2D eigenvalue weighted by Crippen LogP contribution is -2.38. The maximum atomic E-state index is 11.9. The molecular formula is C16H22ClN2O3-. The van der Waals surface area contributed by atoms with Gasteiger partial charge >= 0.3 is 0 Å². The molecule has 1 amide bonds. The van der Waals surface area contributed by atoms with Crippen LogP contribution in [0.4, 0.5) is 5.69 Å². The fourth-order valence-corrected chi connectivity index (χ4v) is 2.43. The summed E-state index contributed by atoms with van der Waals surface area (Å²) in [6, 6.07) is 7.02. The molecule has 2 N–H and O–H groups in total. The fourth-order valence-electron chi connectivity index (χ4n) is 2.24. The van der Waals surface area contributed by atoms with Gasteiger partial charge in [-0.1, -0.05) is 50.4 Å². The van der Waals surface area contributed by atoms with Crippen LogP contribution in [0.2, 0.25) is 5.02 Å². The standard InChI is InChI=1S/C16H23ClN2O3/c1-3-4-7-12(16(21)22)11(2)10-15(20)19-18-14-9-6-5-8-13(14)17/h5-6,8-9,11-12,18H,3-4,7,10H2,1-2H3,(H,19,20)(H,21,22)/p-1/t11-,12-/m1/s1. The lowest BCUT2D eigenvalue weighted by Gasteiger charge is -2.24. The van der Waals surface area contributed by atoms with Crippen LogP contribution in [0.15, 0.2) is 24.3 Å². The van der Waals surface area contributed by atoms with Crippen molar-refractivity contribution in [1.82, 2.24) is 5.43 Å². The van der Waals surface area contributed by atoms with Crippen molar-refractivity contribution in [2.24, 2.45) is 11.8 Å². The Morgan fingerprint density at radius 2 is 2.00 bits per heavy atom. The van der Waals surface area contributed by atoms with Gasteiger partial charge in [0.05, 0.1) is 10.7 Å². The molecule has 0 radical (unpaired) electrons. The highest BCUT2D eigenvalue weighted by Gasteiger charge is 2.20. The smallest absolute Gasteiger partial charge is 0.238 e. The zero-order chi connectivity index (χ0) is 16.5. The topological polar surface area (TPSA) is 81.3 Å². The second-order valence-corrected chi connectivity index (χ2v) is 5.81. The molecule has 0 aliphatic heterocycles. The molecule has 0 saturated carbocycles. The summed E-state index contributed by atoms with van der Waals surface area (Å²) in [7, 11) is 0. The minimum absolute atomic E-state index is 0.111. The van der Waals surface area contributed by atoms with Crippen LogP contribution < -0.4 is 16.0 Å². The van der Waals surface area contributed by atoms with E-state index in [-0.39, 0.29) is 18.2 Å². The van der Waals surface area contributed by atoms with Crippen LogP contribution in [0.1, 0.15) is 39.5 Å². The van der Waals surface area contributed by atoms with Gasteiger partial charge in [0.1, 0.15) is 0 Å². The first kappa shape index (κ1) is 18.3. The normalized spacial score (nSPS) is 13.2. The zero-order valence-corrected chi connectivity index (χ0v) is 13.7. The number of benzene rings is 1. The third kappa shape index (κ3) is 5.93. The van der Waals surface area contributed by atoms with Gasteiger partial charge < -0.3 is 9.90 Å². The van der Waals surface area contributed by atoms with Crippen molar-refractivity contribution in [3.05, 3.63) is 29.3 Å². The molecule has 5 nitrogen and oxygen atoms in total. The molecule has 0 saturated heterocycles. The number of amides is 1. The first-order chi connectivity index (χ1) is 10.5. The number of hydrogen-bond acceptors (Lipinski definition) is 4. The maximum Gasteiger partial charge on any atom is 0.238 e. The van der Waals surface area contributed by atoms with E-state index < -0.39 is 11.9 Å². The van der Waals surface area contributed by atoms with E-state index >= 15 is 0 Å². The third-order valence-electron chi connectivity index (χ3n) is 3.58. The molecule has 0 unspecified atom stereocenters. The molecule has 0 heterocycles. The van der Waals surface area contributed by atoms with Crippen molar-refractivity contribution in [3.8, 4) is 0 Å². The lowest BCUT2D eigenvalue weighted by atomic mass is 9.87. The highest BCUT2D eigenvalue weighted by molar-refractivity contribution is 6.33. The van der Waals surface area contributed by atoms with E-state index in [0.29, 0.717) is 17.1 Å². The van der Waals surface area contributed by atoms with E-state index in [9.17, 15) is 14.7 Å². The SMILES string of the molecule is CCCC[C@@H](C(=O)[O-])[C@H](C)CC(=O)NNc1ccccc1Cl. The van der Waals surface area contributed by atoms with Gasteiger partial charge in [-0.15, -0.1) is 0 Å². The number of para-hydroxylation sites is 1. The molecular weight excluding hydrogens is 304 g/mol. The second kappa shape index (κ2) is 9.30. The quantitative estimate of drug-likeness (QED) is 0.683. The number of halogens is 1. The molecule has 1 aromatic carbocycles. The van der Waals surface area contributed by atoms with Crippen LogP contribution >= 0.6 is 11.6 Å². The van der Waals surface area contributed by atoms with E-state index in [2.05, 4.69) is 10.9 Å². The van der Waals surface area contributed by atoms with E-state index in [4.69, 9.17) is 11.6 Å².